The molecule has 0 bridgehead atoms. The first-order chi connectivity index (χ1) is 11.5. The number of nitrogens with one attached hydrogen (secondary N) is 1. The van der Waals surface area contributed by atoms with Crippen LogP contribution in [-0.4, -0.2) is 52.8 Å². The number of carbonyl (C=O) groups excluding carboxylic acids is 3. The number of aryl methyl sites for hydroxylation is 1. The van der Waals surface area contributed by atoms with Crippen molar-refractivity contribution in [3.05, 3.63) is 29.8 Å². The van der Waals surface area contributed by atoms with Crippen LogP contribution in [0.15, 0.2) is 29.3 Å². The monoisotopic (exact) mass is 346 g/mol. The lowest BCUT2D eigenvalue weighted by atomic mass is 10.2. The molecule has 1 aromatic rings. The van der Waals surface area contributed by atoms with E-state index in [4.69, 9.17) is 0 Å². The normalized spacial score (nSPS) is 18.7. The molecule has 3 rings (SSSR count). The molecule has 1 aromatic carbocycles. The van der Waals surface area contributed by atoms with Crippen molar-refractivity contribution in [2.75, 3.05) is 24.5 Å². The van der Waals surface area contributed by atoms with Gasteiger partial charge < -0.3 is 5.32 Å². The van der Waals surface area contributed by atoms with E-state index in [1.807, 2.05) is 31.2 Å². The van der Waals surface area contributed by atoms with Gasteiger partial charge in [0.15, 0.2) is 5.17 Å². The summed E-state index contributed by atoms with van der Waals surface area (Å²) in [4.78, 5) is 43.2. The van der Waals surface area contributed by atoms with Gasteiger partial charge in [-0.05, 0) is 26.0 Å². The van der Waals surface area contributed by atoms with E-state index in [1.165, 1.54) is 21.6 Å². The second-order valence-electron chi connectivity index (χ2n) is 5.65. The summed E-state index contributed by atoms with van der Waals surface area (Å²) >= 11 is 1.20. The first kappa shape index (κ1) is 16.5. The minimum atomic E-state index is -0.508. The van der Waals surface area contributed by atoms with Crippen LogP contribution < -0.4 is 10.2 Å². The number of urea groups is 1. The highest BCUT2D eigenvalue weighted by Crippen LogP contribution is 2.27. The first-order valence-corrected chi connectivity index (χ1v) is 8.55. The fourth-order valence-electron chi connectivity index (χ4n) is 2.53. The molecule has 126 valence electrons. The van der Waals surface area contributed by atoms with E-state index in [-0.39, 0.29) is 24.4 Å². The summed E-state index contributed by atoms with van der Waals surface area (Å²) in [5.74, 6) is -0.402. The third kappa shape index (κ3) is 3.14. The number of aliphatic imine (C=N–C) groups is 1. The van der Waals surface area contributed by atoms with E-state index in [1.54, 1.807) is 6.92 Å². The lowest BCUT2D eigenvalue weighted by Gasteiger charge is -2.22. The maximum atomic E-state index is 12.4. The number of hydrogen-bond acceptors (Lipinski definition) is 5. The Hall–Kier alpha value is -2.35. The summed E-state index contributed by atoms with van der Waals surface area (Å²) in [6, 6.07) is 7.19. The highest BCUT2D eigenvalue weighted by molar-refractivity contribution is 8.15. The molecule has 1 fully saturated rings. The van der Waals surface area contributed by atoms with Crippen LogP contribution in [0.3, 0.4) is 0 Å². The van der Waals surface area contributed by atoms with Gasteiger partial charge in [-0.1, -0.05) is 29.5 Å². The highest BCUT2D eigenvalue weighted by Gasteiger charge is 2.34. The Morgan fingerprint density at radius 2 is 2.00 bits per heavy atom. The molecule has 8 heteroatoms. The molecule has 24 heavy (non-hydrogen) atoms. The number of amides is 4. The second-order valence-corrected chi connectivity index (χ2v) is 6.95. The van der Waals surface area contributed by atoms with E-state index in [2.05, 4.69) is 10.3 Å². The molecule has 1 atom stereocenters. The second kappa shape index (κ2) is 6.64. The molecule has 2 aliphatic rings. The molecule has 7 nitrogen and oxygen atoms in total. The van der Waals surface area contributed by atoms with E-state index < -0.39 is 5.25 Å². The van der Waals surface area contributed by atoms with Gasteiger partial charge in [-0.2, -0.15) is 0 Å². The van der Waals surface area contributed by atoms with E-state index in [0.29, 0.717) is 18.3 Å². The number of thioether (sulfide) groups is 1. The summed E-state index contributed by atoms with van der Waals surface area (Å²) in [5.41, 5.74) is 1.83. The van der Waals surface area contributed by atoms with E-state index >= 15 is 0 Å². The van der Waals surface area contributed by atoms with Crippen molar-refractivity contribution in [2.24, 2.45) is 4.99 Å². The number of amidine groups is 1. The molecule has 1 N–H and O–H groups in total. The molecule has 0 unspecified atom stereocenters. The van der Waals surface area contributed by atoms with Crippen molar-refractivity contribution >= 4 is 40.5 Å². The highest BCUT2D eigenvalue weighted by atomic mass is 32.2. The minimum Gasteiger partial charge on any atom is -0.336 e. The van der Waals surface area contributed by atoms with Crippen molar-refractivity contribution in [1.82, 2.24) is 10.2 Å². The number of hydrogen-bond donors (Lipinski definition) is 1. The molecular weight excluding hydrogens is 328 g/mol. The van der Waals surface area contributed by atoms with Crippen molar-refractivity contribution < 1.29 is 14.4 Å². The molecule has 2 heterocycles. The smallest absolute Gasteiger partial charge is 0.324 e. The predicted molar refractivity (Wildman–Crippen MR) is 93.1 cm³/mol. The number of carbonyl (C=O) groups is 3. The quantitative estimate of drug-likeness (QED) is 0.896. The summed E-state index contributed by atoms with van der Waals surface area (Å²) in [6.07, 6.45) is 0. The molecule has 0 radical (unpaired) electrons. The Balaban J connectivity index is 1.73. The van der Waals surface area contributed by atoms with Crippen LogP contribution in [0.25, 0.3) is 0 Å². The van der Waals surface area contributed by atoms with Crippen LogP contribution in [0.2, 0.25) is 0 Å². The molecular formula is C16H18N4O3S. The summed E-state index contributed by atoms with van der Waals surface area (Å²) < 4.78 is 0. The molecule has 0 spiro atoms. The Labute approximate surface area is 144 Å². The third-order valence-corrected chi connectivity index (χ3v) is 4.91. The Bertz CT molecular complexity index is 717. The van der Waals surface area contributed by atoms with Crippen molar-refractivity contribution in [3.8, 4) is 0 Å². The number of imide groups is 1. The Morgan fingerprint density at radius 1 is 1.29 bits per heavy atom. The predicted octanol–water partition coefficient (Wildman–Crippen LogP) is 1.37. The number of nitrogens with zero attached hydrogens (tertiary/aromatic N) is 3. The average Bonchev–Trinajstić information content (AvgIpc) is 3.14. The van der Waals surface area contributed by atoms with Crippen molar-refractivity contribution in [2.45, 2.75) is 19.1 Å². The number of anilines is 1. The topological polar surface area (TPSA) is 82.1 Å². The van der Waals surface area contributed by atoms with Crippen LogP contribution in [0, 0.1) is 6.92 Å². The lowest BCUT2D eigenvalue weighted by Crippen LogP contribution is -2.40. The fourth-order valence-corrected chi connectivity index (χ4v) is 3.53. The molecule has 0 aliphatic carbocycles. The van der Waals surface area contributed by atoms with Gasteiger partial charge in [-0.25, -0.2) is 4.79 Å². The SMILES string of the molecule is Cc1ccc(N2C(=O)CN=C2S[C@H](C)C(=O)N2CCNC2=O)cc1. The molecule has 4 amide bonds. The van der Waals surface area contributed by atoms with Crippen LogP contribution in [0.1, 0.15) is 12.5 Å². The van der Waals surface area contributed by atoms with Crippen LogP contribution >= 0.6 is 11.8 Å². The molecule has 2 aliphatic heterocycles. The van der Waals surface area contributed by atoms with Gasteiger partial charge in [-0.15, -0.1) is 0 Å². The summed E-state index contributed by atoms with van der Waals surface area (Å²) in [7, 11) is 0. The zero-order valence-electron chi connectivity index (χ0n) is 13.5. The standard InChI is InChI=1S/C16H18N4O3S/c1-10-3-5-12(6-4-10)20-13(21)9-18-16(20)24-11(2)14(22)19-8-7-17-15(19)23/h3-6,11H,7-9H2,1-2H3,(H,17,23)/t11-/m1/s1. The molecule has 0 saturated carbocycles. The zero-order chi connectivity index (χ0) is 17.3. The van der Waals surface area contributed by atoms with Gasteiger partial charge in [-0.3, -0.25) is 24.4 Å². The average molecular weight is 346 g/mol. The van der Waals surface area contributed by atoms with Crippen molar-refractivity contribution in [1.29, 1.82) is 0 Å². The van der Waals surface area contributed by atoms with Gasteiger partial charge in [0, 0.05) is 13.1 Å². The minimum absolute atomic E-state index is 0.0708. The maximum Gasteiger partial charge on any atom is 0.324 e. The van der Waals surface area contributed by atoms with Gasteiger partial charge in [0.05, 0.1) is 10.9 Å². The van der Waals surface area contributed by atoms with E-state index in [9.17, 15) is 14.4 Å². The number of benzene rings is 1. The summed E-state index contributed by atoms with van der Waals surface area (Å²) in [5, 5.41) is 2.59. The molecule has 0 aromatic heterocycles. The summed E-state index contributed by atoms with van der Waals surface area (Å²) in [6.45, 7) is 4.60. The van der Waals surface area contributed by atoms with Crippen molar-refractivity contribution in [3.63, 3.8) is 0 Å². The largest absolute Gasteiger partial charge is 0.336 e. The third-order valence-electron chi connectivity index (χ3n) is 3.84. The fraction of sp³-hybridized carbons (Fsp3) is 0.375. The van der Waals surface area contributed by atoms with Crippen LogP contribution in [-0.2, 0) is 9.59 Å². The lowest BCUT2D eigenvalue weighted by molar-refractivity contribution is -0.126. The Kier molecular flexibility index (Phi) is 4.57. The van der Waals surface area contributed by atoms with Gasteiger partial charge in [0.25, 0.3) is 5.91 Å². The van der Waals surface area contributed by atoms with Gasteiger partial charge in [0.2, 0.25) is 5.91 Å². The first-order valence-electron chi connectivity index (χ1n) is 7.67. The van der Waals surface area contributed by atoms with Crippen LogP contribution in [0.5, 0.6) is 0 Å². The molecule has 1 saturated heterocycles. The number of rotatable bonds is 3. The van der Waals surface area contributed by atoms with E-state index in [0.717, 1.165) is 11.3 Å². The van der Waals surface area contributed by atoms with Gasteiger partial charge >= 0.3 is 6.03 Å². The Morgan fingerprint density at radius 3 is 2.62 bits per heavy atom. The zero-order valence-corrected chi connectivity index (χ0v) is 14.3. The maximum absolute atomic E-state index is 12.4. The van der Waals surface area contributed by atoms with Gasteiger partial charge in [0.1, 0.15) is 6.54 Å². The van der Waals surface area contributed by atoms with Crippen LogP contribution in [0.4, 0.5) is 10.5 Å².